The molecule has 1 amide bonds. The minimum absolute atomic E-state index is 0.148. The number of piperazine rings is 1. The van der Waals surface area contributed by atoms with Crippen molar-refractivity contribution in [2.75, 3.05) is 49.3 Å². The zero-order valence-corrected chi connectivity index (χ0v) is 18.4. The molecule has 7 nitrogen and oxygen atoms in total. The summed E-state index contributed by atoms with van der Waals surface area (Å²) >= 11 is 1.81. The highest BCUT2D eigenvalue weighted by Crippen LogP contribution is 2.31. The molecule has 1 aromatic rings. The van der Waals surface area contributed by atoms with Crippen molar-refractivity contribution in [3.63, 3.8) is 0 Å². The van der Waals surface area contributed by atoms with Crippen molar-refractivity contribution < 1.29 is 4.79 Å². The standard InChI is InChI=1S/C22H32N6OS/c23-14-18-3-6-21(25-15-18)27-9-7-26(8-10-27)19-4-1-17(2-5-19)13-20(24)22(29)28-11-12-30-16-28/h3,6,15,17,19-20H,1-2,4-5,7-13,16,24H2/t17?,19?,20-/m0/s1. The number of carbonyl (C=O) groups is 1. The predicted molar refractivity (Wildman–Crippen MR) is 120 cm³/mol. The summed E-state index contributed by atoms with van der Waals surface area (Å²) in [6, 6.07) is 6.24. The van der Waals surface area contributed by atoms with Gasteiger partial charge in [0.15, 0.2) is 0 Å². The van der Waals surface area contributed by atoms with Crippen LogP contribution in [0.4, 0.5) is 5.82 Å². The third kappa shape index (κ3) is 5.08. The number of nitrogens with zero attached hydrogens (tertiary/aromatic N) is 5. The van der Waals surface area contributed by atoms with Gasteiger partial charge in [-0.25, -0.2) is 4.98 Å². The Kier molecular flexibility index (Phi) is 7.13. The second kappa shape index (κ2) is 9.99. The molecule has 3 heterocycles. The summed E-state index contributed by atoms with van der Waals surface area (Å²) in [4.78, 5) is 23.8. The van der Waals surface area contributed by atoms with Crippen molar-refractivity contribution in [1.29, 1.82) is 5.26 Å². The fourth-order valence-electron chi connectivity index (χ4n) is 4.98. The lowest BCUT2D eigenvalue weighted by Crippen LogP contribution is -2.51. The number of rotatable bonds is 5. The molecule has 1 aromatic heterocycles. The molecule has 2 N–H and O–H groups in total. The van der Waals surface area contributed by atoms with E-state index in [1.165, 1.54) is 25.7 Å². The first kappa shape index (κ1) is 21.4. The van der Waals surface area contributed by atoms with Gasteiger partial charge in [-0.1, -0.05) is 0 Å². The Balaban J connectivity index is 1.19. The summed E-state index contributed by atoms with van der Waals surface area (Å²) in [5.41, 5.74) is 6.86. The van der Waals surface area contributed by atoms with Crippen LogP contribution in [0.1, 0.15) is 37.7 Å². The van der Waals surface area contributed by atoms with Crippen LogP contribution in [-0.2, 0) is 4.79 Å². The quantitative estimate of drug-likeness (QED) is 0.766. The maximum absolute atomic E-state index is 12.5. The lowest BCUT2D eigenvalue weighted by molar-refractivity contribution is -0.131. The third-order valence-electron chi connectivity index (χ3n) is 6.82. The van der Waals surface area contributed by atoms with Crippen molar-refractivity contribution in [1.82, 2.24) is 14.8 Å². The Morgan fingerprint density at radius 1 is 1.20 bits per heavy atom. The molecule has 162 valence electrons. The van der Waals surface area contributed by atoms with E-state index in [2.05, 4.69) is 20.9 Å². The van der Waals surface area contributed by atoms with Gasteiger partial charge < -0.3 is 15.5 Å². The van der Waals surface area contributed by atoms with Gasteiger partial charge in [0.2, 0.25) is 5.91 Å². The number of pyridine rings is 1. The second-order valence-corrected chi connectivity index (χ2v) is 9.77. The average molecular weight is 429 g/mol. The molecule has 1 aliphatic carbocycles. The van der Waals surface area contributed by atoms with Gasteiger partial charge in [-0.2, -0.15) is 5.26 Å². The van der Waals surface area contributed by atoms with Crippen LogP contribution in [0.5, 0.6) is 0 Å². The van der Waals surface area contributed by atoms with Crippen molar-refractivity contribution in [3.05, 3.63) is 23.9 Å². The molecule has 0 radical (unpaired) electrons. The first-order valence-corrected chi connectivity index (χ1v) is 12.3. The normalized spacial score (nSPS) is 26.4. The zero-order valence-electron chi connectivity index (χ0n) is 17.6. The molecule has 1 saturated carbocycles. The van der Waals surface area contributed by atoms with Gasteiger partial charge in [0.1, 0.15) is 11.9 Å². The number of nitriles is 1. The molecule has 0 aromatic carbocycles. The third-order valence-corrected chi connectivity index (χ3v) is 7.78. The predicted octanol–water partition coefficient (Wildman–Crippen LogP) is 1.88. The summed E-state index contributed by atoms with van der Waals surface area (Å²) in [6.45, 7) is 4.93. The van der Waals surface area contributed by atoms with Crippen LogP contribution >= 0.6 is 11.8 Å². The van der Waals surface area contributed by atoms with Crippen LogP contribution in [0.2, 0.25) is 0 Å². The van der Waals surface area contributed by atoms with Gasteiger partial charge in [0.05, 0.1) is 17.5 Å². The molecule has 2 aliphatic heterocycles. The molecule has 0 spiro atoms. The van der Waals surface area contributed by atoms with Crippen molar-refractivity contribution in [2.45, 2.75) is 44.2 Å². The SMILES string of the molecule is N#Cc1ccc(N2CCN(C3CCC(C[C@H](N)C(=O)N4CCSC4)CC3)CC2)nc1. The minimum atomic E-state index is -0.325. The first-order chi connectivity index (χ1) is 14.6. The Labute approximate surface area is 183 Å². The van der Waals surface area contributed by atoms with Gasteiger partial charge in [-0.05, 0) is 50.2 Å². The molecular formula is C22H32N6OS. The number of hydrogen-bond donors (Lipinski definition) is 1. The van der Waals surface area contributed by atoms with Crippen LogP contribution in [0.15, 0.2) is 18.3 Å². The van der Waals surface area contributed by atoms with Gasteiger partial charge in [0, 0.05) is 50.7 Å². The largest absolute Gasteiger partial charge is 0.354 e. The van der Waals surface area contributed by atoms with E-state index >= 15 is 0 Å². The molecule has 3 aliphatic rings. The number of anilines is 1. The highest BCUT2D eigenvalue weighted by Gasteiger charge is 2.31. The van der Waals surface area contributed by atoms with E-state index in [1.54, 1.807) is 6.20 Å². The van der Waals surface area contributed by atoms with E-state index in [1.807, 2.05) is 28.8 Å². The van der Waals surface area contributed by atoms with Crippen LogP contribution < -0.4 is 10.6 Å². The molecule has 4 rings (SSSR count). The number of nitrogens with two attached hydrogens (primary N) is 1. The van der Waals surface area contributed by atoms with E-state index in [9.17, 15) is 4.79 Å². The number of aromatic nitrogens is 1. The smallest absolute Gasteiger partial charge is 0.240 e. The molecule has 3 fully saturated rings. The lowest BCUT2D eigenvalue weighted by Gasteiger charge is -2.42. The van der Waals surface area contributed by atoms with Gasteiger partial charge >= 0.3 is 0 Å². The Morgan fingerprint density at radius 3 is 2.57 bits per heavy atom. The summed E-state index contributed by atoms with van der Waals surface area (Å²) in [7, 11) is 0. The summed E-state index contributed by atoms with van der Waals surface area (Å²) in [5, 5.41) is 8.92. The number of thioether (sulfide) groups is 1. The molecule has 0 unspecified atom stereocenters. The molecule has 0 bridgehead atoms. The Bertz CT molecular complexity index is 744. The van der Waals surface area contributed by atoms with E-state index in [-0.39, 0.29) is 11.9 Å². The van der Waals surface area contributed by atoms with Gasteiger partial charge in [0.25, 0.3) is 0 Å². The maximum atomic E-state index is 12.5. The summed E-state index contributed by atoms with van der Waals surface area (Å²) in [5.74, 6) is 3.54. The Morgan fingerprint density at radius 2 is 1.97 bits per heavy atom. The number of amides is 1. The molecule has 1 atom stereocenters. The maximum Gasteiger partial charge on any atom is 0.240 e. The molecular weight excluding hydrogens is 396 g/mol. The summed E-state index contributed by atoms with van der Waals surface area (Å²) < 4.78 is 0. The van der Waals surface area contributed by atoms with E-state index in [4.69, 9.17) is 11.0 Å². The van der Waals surface area contributed by atoms with Crippen molar-refractivity contribution >= 4 is 23.5 Å². The van der Waals surface area contributed by atoms with Crippen LogP contribution in [0.3, 0.4) is 0 Å². The Hall–Kier alpha value is -1.82. The fourth-order valence-corrected chi connectivity index (χ4v) is 5.94. The number of hydrogen-bond acceptors (Lipinski definition) is 7. The zero-order chi connectivity index (χ0) is 20.9. The molecule has 2 saturated heterocycles. The van der Waals surface area contributed by atoms with E-state index in [0.29, 0.717) is 17.5 Å². The van der Waals surface area contributed by atoms with Crippen LogP contribution in [0.25, 0.3) is 0 Å². The van der Waals surface area contributed by atoms with E-state index < -0.39 is 0 Å². The van der Waals surface area contributed by atoms with Crippen molar-refractivity contribution in [3.8, 4) is 6.07 Å². The highest BCUT2D eigenvalue weighted by atomic mass is 32.2. The monoisotopic (exact) mass is 428 g/mol. The average Bonchev–Trinajstić information content (AvgIpc) is 3.34. The molecule has 8 heteroatoms. The minimum Gasteiger partial charge on any atom is -0.354 e. The first-order valence-electron chi connectivity index (χ1n) is 11.1. The van der Waals surface area contributed by atoms with E-state index in [0.717, 1.165) is 56.6 Å². The van der Waals surface area contributed by atoms with Crippen LogP contribution in [-0.4, -0.2) is 77.1 Å². The van der Waals surface area contributed by atoms with Gasteiger partial charge in [-0.15, -0.1) is 11.8 Å². The topological polar surface area (TPSA) is 89.5 Å². The highest BCUT2D eigenvalue weighted by molar-refractivity contribution is 7.99. The van der Waals surface area contributed by atoms with Gasteiger partial charge in [-0.3, -0.25) is 9.69 Å². The number of carbonyl (C=O) groups excluding carboxylic acids is 1. The second-order valence-electron chi connectivity index (χ2n) is 8.70. The van der Waals surface area contributed by atoms with Crippen LogP contribution in [0, 0.1) is 17.2 Å². The van der Waals surface area contributed by atoms with Crippen molar-refractivity contribution in [2.24, 2.45) is 11.7 Å². The summed E-state index contributed by atoms with van der Waals surface area (Å²) in [6.07, 6.45) is 7.27. The fraction of sp³-hybridized carbons (Fsp3) is 0.682. The molecule has 30 heavy (non-hydrogen) atoms. The lowest BCUT2D eigenvalue weighted by atomic mass is 9.81.